The van der Waals surface area contributed by atoms with Crippen LogP contribution in [-0.4, -0.2) is 23.3 Å². The molecule has 0 N–H and O–H groups in total. The summed E-state index contributed by atoms with van der Waals surface area (Å²) in [4.78, 5) is 4.30. The van der Waals surface area contributed by atoms with Gasteiger partial charge in [-0.2, -0.15) is 0 Å². The van der Waals surface area contributed by atoms with Crippen molar-refractivity contribution in [1.82, 2.24) is 8.55 Å². The van der Waals surface area contributed by atoms with E-state index in [1.54, 1.807) is 11.3 Å². The minimum absolute atomic E-state index is 0.255. The van der Waals surface area contributed by atoms with Crippen LogP contribution in [-0.2, 0) is 0 Å². The summed E-state index contributed by atoms with van der Waals surface area (Å²) in [6, 6.07) is 8.34. The van der Waals surface area contributed by atoms with Gasteiger partial charge in [-0.1, -0.05) is 0 Å². The summed E-state index contributed by atoms with van der Waals surface area (Å²) in [6.45, 7) is 0. The molecule has 0 aliphatic rings. The predicted octanol–water partition coefficient (Wildman–Crippen LogP) is 2.87. The normalized spacial score (nSPS) is 10.9. The van der Waals surface area contributed by atoms with Gasteiger partial charge in [-0.05, 0) is 0 Å². The molecule has 2 aromatic heterocycles. The molecule has 0 amide bonds. The Balaban J connectivity index is 2.38. The van der Waals surface area contributed by atoms with Gasteiger partial charge in [-0.3, -0.25) is 0 Å². The van der Waals surface area contributed by atoms with Crippen molar-refractivity contribution < 1.29 is 0 Å². The summed E-state index contributed by atoms with van der Waals surface area (Å²) in [5.41, 5.74) is 0. The molecule has 0 saturated carbocycles. The van der Waals surface area contributed by atoms with Crippen LogP contribution in [0.1, 0.15) is 0 Å². The Morgan fingerprint density at radius 1 is 1.33 bits per heavy atom. The predicted molar refractivity (Wildman–Crippen MR) is 66.7 cm³/mol. The Labute approximate surface area is 102 Å². The third kappa shape index (κ3) is 1.52. The van der Waals surface area contributed by atoms with Crippen molar-refractivity contribution in [3.63, 3.8) is 0 Å². The summed E-state index contributed by atoms with van der Waals surface area (Å²) in [5.74, 6) is 0. The molecule has 0 aliphatic heterocycles. The van der Waals surface area contributed by atoms with Gasteiger partial charge in [-0.15, -0.1) is 0 Å². The van der Waals surface area contributed by atoms with Crippen LogP contribution in [0.4, 0.5) is 0 Å². The first-order valence-electron chi connectivity index (χ1n) is 4.37. The molecule has 0 unspecified atom stereocenters. The molecule has 2 nitrogen and oxygen atoms in total. The minimum atomic E-state index is 0.255. The summed E-state index contributed by atoms with van der Waals surface area (Å²) in [6.07, 6.45) is 1.82. The Bertz CT molecular complexity index is 651. The zero-order chi connectivity index (χ0) is 10.3. The van der Waals surface area contributed by atoms with E-state index in [-0.39, 0.29) is 14.7 Å². The number of nitrogens with zero attached hydrogens (tertiary/aromatic N) is 2. The number of rotatable bonds is 1. The molecule has 0 saturated heterocycles. The summed E-state index contributed by atoms with van der Waals surface area (Å²) < 4.78 is 4.42. The van der Waals surface area contributed by atoms with Crippen LogP contribution in [0.5, 0.6) is 0 Å². The van der Waals surface area contributed by atoms with Crippen LogP contribution in [0.2, 0.25) is 0 Å². The first kappa shape index (κ1) is 9.48. The van der Waals surface area contributed by atoms with Crippen molar-refractivity contribution in [2.75, 3.05) is 0 Å². The van der Waals surface area contributed by atoms with Gasteiger partial charge < -0.3 is 0 Å². The van der Waals surface area contributed by atoms with E-state index in [4.69, 9.17) is 12.2 Å². The van der Waals surface area contributed by atoms with Crippen LogP contribution in [0.15, 0.2) is 35.8 Å². The topological polar surface area (TPSA) is 17.8 Å². The summed E-state index contributed by atoms with van der Waals surface area (Å²) >= 11 is 7.34. The van der Waals surface area contributed by atoms with Crippen LogP contribution >= 0.6 is 23.6 Å². The molecule has 5 heteroatoms. The molecule has 3 rings (SSSR count). The van der Waals surface area contributed by atoms with Crippen LogP contribution < -0.4 is 0 Å². The summed E-state index contributed by atoms with van der Waals surface area (Å²) in [7, 11) is 0. The molecule has 0 fully saturated rings. The molecule has 3 aromatic rings. The van der Waals surface area contributed by atoms with Gasteiger partial charge in [0.1, 0.15) is 0 Å². The number of hydrogen-bond acceptors (Lipinski definition) is 3. The fourth-order valence-electron chi connectivity index (χ4n) is 1.41. The SMILES string of the molecule is S=c1c2ccccc2[se]n1-c1nccs1. The summed E-state index contributed by atoms with van der Waals surface area (Å²) in [5, 5.41) is 4.19. The number of aromatic nitrogens is 2. The first-order valence-corrected chi connectivity index (χ1v) is 7.28. The molecule has 2 heterocycles. The van der Waals surface area contributed by atoms with E-state index in [9.17, 15) is 0 Å². The fraction of sp³-hybridized carbons (Fsp3) is 0. The maximum absolute atomic E-state index is 5.45. The van der Waals surface area contributed by atoms with Crippen LogP contribution in [0, 0.1) is 4.64 Å². The van der Waals surface area contributed by atoms with Gasteiger partial charge in [0.25, 0.3) is 0 Å². The standard InChI is InChI=1S/C10H6N2S2Se/c13-9-7-3-1-2-4-8(7)15-12(9)10-11-5-6-14-10/h1-6H. The van der Waals surface area contributed by atoms with E-state index in [0.717, 1.165) is 9.77 Å². The van der Waals surface area contributed by atoms with Gasteiger partial charge in [0.15, 0.2) is 0 Å². The van der Waals surface area contributed by atoms with E-state index in [1.807, 2.05) is 17.6 Å². The first-order chi connectivity index (χ1) is 7.36. The van der Waals surface area contributed by atoms with Gasteiger partial charge >= 0.3 is 102 Å². The second-order valence-electron chi connectivity index (χ2n) is 3.00. The Morgan fingerprint density at radius 3 is 2.93 bits per heavy atom. The number of hydrogen-bond donors (Lipinski definition) is 0. The molecule has 0 atom stereocenters. The molecule has 1 aromatic carbocycles. The zero-order valence-corrected chi connectivity index (χ0v) is 10.9. The van der Waals surface area contributed by atoms with Crippen LogP contribution in [0.25, 0.3) is 14.8 Å². The van der Waals surface area contributed by atoms with E-state index in [1.165, 1.54) is 9.65 Å². The molecule has 0 radical (unpaired) electrons. The average Bonchev–Trinajstić information content (AvgIpc) is 2.87. The Kier molecular flexibility index (Phi) is 2.33. The third-order valence-electron chi connectivity index (χ3n) is 2.08. The van der Waals surface area contributed by atoms with Crippen LogP contribution in [0.3, 0.4) is 0 Å². The van der Waals surface area contributed by atoms with E-state index < -0.39 is 0 Å². The maximum atomic E-state index is 5.45. The molecule has 0 bridgehead atoms. The van der Waals surface area contributed by atoms with Crippen molar-refractivity contribution in [3.8, 4) is 5.13 Å². The number of benzene rings is 1. The molecule has 0 aliphatic carbocycles. The number of thiazole rings is 1. The van der Waals surface area contributed by atoms with Crippen molar-refractivity contribution in [1.29, 1.82) is 0 Å². The molecular formula is C10H6N2S2Se. The zero-order valence-electron chi connectivity index (χ0n) is 7.58. The average molecular weight is 297 g/mol. The quantitative estimate of drug-likeness (QED) is 0.508. The van der Waals surface area contributed by atoms with Gasteiger partial charge in [0, 0.05) is 0 Å². The Hall–Kier alpha value is -0.741. The van der Waals surface area contributed by atoms with E-state index in [2.05, 4.69) is 26.7 Å². The Morgan fingerprint density at radius 2 is 2.20 bits per heavy atom. The molecular weight excluding hydrogens is 291 g/mol. The van der Waals surface area contributed by atoms with Crippen molar-refractivity contribution in [3.05, 3.63) is 40.5 Å². The second-order valence-corrected chi connectivity index (χ2v) is 6.33. The van der Waals surface area contributed by atoms with Gasteiger partial charge in [0.05, 0.1) is 0 Å². The second kappa shape index (κ2) is 3.68. The van der Waals surface area contributed by atoms with Gasteiger partial charge in [0.2, 0.25) is 0 Å². The van der Waals surface area contributed by atoms with E-state index >= 15 is 0 Å². The third-order valence-corrected chi connectivity index (χ3v) is 6.05. The van der Waals surface area contributed by atoms with E-state index in [0.29, 0.717) is 0 Å². The fourth-order valence-corrected chi connectivity index (χ4v) is 4.99. The van der Waals surface area contributed by atoms with Crippen molar-refractivity contribution in [2.24, 2.45) is 0 Å². The molecule has 74 valence electrons. The monoisotopic (exact) mass is 298 g/mol. The molecule has 15 heavy (non-hydrogen) atoms. The van der Waals surface area contributed by atoms with Crippen molar-refractivity contribution in [2.45, 2.75) is 0 Å². The molecule has 0 spiro atoms. The number of fused-ring (bicyclic) bond motifs is 1. The van der Waals surface area contributed by atoms with Crippen molar-refractivity contribution >= 4 is 47.9 Å². The van der Waals surface area contributed by atoms with Gasteiger partial charge in [-0.25, -0.2) is 0 Å².